The van der Waals surface area contributed by atoms with Gasteiger partial charge in [-0.2, -0.15) is 5.10 Å². The lowest BCUT2D eigenvalue weighted by Gasteiger charge is -2.31. The average molecular weight is 298 g/mol. The van der Waals surface area contributed by atoms with E-state index >= 15 is 0 Å². The highest BCUT2D eigenvalue weighted by Crippen LogP contribution is 2.22. The van der Waals surface area contributed by atoms with Gasteiger partial charge < -0.3 is 4.90 Å². The molecule has 1 aliphatic heterocycles. The predicted octanol–water partition coefficient (Wildman–Crippen LogP) is 2.28. The second-order valence-corrected chi connectivity index (χ2v) is 6.05. The van der Waals surface area contributed by atoms with Gasteiger partial charge in [-0.3, -0.25) is 14.5 Å². The fourth-order valence-corrected chi connectivity index (χ4v) is 3.11. The van der Waals surface area contributed by atoms with Crippen LogP contribution in [0.25, 0.3) is 11.4 Å². The minimum Gasteiger partial charge on any atom is -0.343 e. The molecular formula is C17H22N4O. The monoisotopic (exact) mass is 298 g/mol. The van der Waals surface area contributed by atoms with Gasteiger partial charge in [0.05, 0.1) is 11.4 Å². The van der Waals surface area contributed by atoms with Crippen LogP contribution in [0.4, 0.5) is 0 Å². The van der Waals surface area contributed by atoms with Crippen molar-refractivity contribution in [3.8, 4) is 11.4 Å². The fraction of sp³-hybridized carbons (Fsp3) is 0.471. The van der Waals surface area contributed by atoms with Gasteiger partial charge in [0.1, 0.15) is 0 Å². The quantitative estimate of drug-likeness (QED) is 0.873. The van der Waals surface area contributed by atoms with Gasteiger partial charge in [0.2, 0.25) is 5.91 Å². The second kappa shape index (κ2) is 6.30. The molecule has 0 N–H and O–H groups in total. The number of carbonyl (C=O) groups is 1. The van der Waals surface area contributed by atoms with Gasteiger partial charge in [-0.1, -0.05) is 6.07 Å². The van der Waals surface area contributed by atoms with Crippen LogP contribution in [0.3, 0.4) is 0 Å². The Morgan fingerprint density at radius 2 is 2.05 bits per heavy atom. The van der Waals surface area contributed by atoms with Crippen molar-refractivity contribution < 1.29 is 4.79 Å². The molecule has 5 heteroatoms. The molecule has 0 spiro atoms. The van der Waals surface area contributed by atoms with Crippen molar-refractivity contribution in [3.05, 3.63) is 36.2 Å². The van der Waals surface area contributed by atoms with Crippen molar-refractivity contribution in [2.45, 2.75) is 26.2 Å². The fourth-order valence-electron chi connectivity index (χ4n) is 3.11. The average Bonchev–Trinajstić information content (AvgIpc) is 2.95. The molecule has 0 aliphatic carbocycles. The molecule has 22 heavy (non-hydrogen) atoms. The van der Waals surface area contributed by atoms with E-state index in [9.17, 15) is 4.79 Å². The first kappa shape index (κ1) is 14.8. The Hall–Kier alpha value is -2.17. The third-order valence-corrected chi connectivity index (χ3v) is 4.49. The Labute approximate surface area is 131 Å². The summed E-state index contributed by atoms with van der Waals surface area (Å²) in [7, 11) is 1.92. The van der Waals surface area contributed by atoms with Gasteiger partial charge in [0.25, 0.3) is 0 Å². The summed E-state index contributed by atoms with van der Waals surface area (Å²) in [6.45, 7) is 3.43. The zero-order valence-corrected chi connectivity index (χ0v) is 13.2. The number of aryl methyl sites for hydroxylation is 1. The van der Waals surface area contributed by atoms with E-state index in [2.05, 4.69) is 22.2 Å². The van der Waals surface area contributed by atoms with Gasteiger partial charge in [-0.25, -0.2) is 0 Å². The molecule has 116 valence electrons. The number of aromatic nitrogens is 3. The zero-order chi connectivity index (χ0) is 15.5. The third kappa shape index (κ3) is 3.18. The summed E-state index contributed by atoms with van der Waals surface area (Å²) >= 11 is 0. The maximum Gasteiger partial charge on any atom is 0.219 e. The van der Waals surface area contributed by atoms with Crippen LogP contribution in [-0.2, 0) is 18.3 Å². The van der Waals surface area contributed by atoms with Crippen molar-refractivity contribution in [3.63, 3.8) is 0 Å². The van der Waals surface area contributed by atoms with Crippen LogP contribution < -0.4 is 0 Å². The highest BCUT2D eigenvalue weighted by atomic mass is 16.2. The summed E-state index contributed by atoms with van der Waals surface area (Å²) in [5, 5.41) is 4.17. The molecule has 0 bridgehead atoms. The number of pyridine rings is 1. The maximum atomic E-state index is 11.4. The summed E-state index contributed by atoms with van der Waals surface area (Å²) in [6.07, 6.45) is 6.98. The molecular weight excluding hydrogens is 276 g/mol. The molecule has 3 heterocycles. The Morgan fingerprint density at radius 3 is 2.59 bits per heavy atom. The molecule has 0 radical (unpaired) electrons. The first-order valence-electron chi connectivity index (χ1n) is 7.82. The normalized spacial score (nSPS) is 16.0. The van der Waals surface area contributed by atoms with Crippen LogP contribution in [0.1, 0.15) is 25.3 Å². The molecule has 0 unspecified atom stereocenters. The summed E-state index contributed by atoms with van der Waals surface area (Å²) in [4.78, 5) is 17.9. The molecule has 3 rings (SSSR count). The zero-order valence-electron chi connectivity index (χ0n) is 13.2. The van der Waals surface area contributed by atoms with E-state index in [1.54, 1.807) is 13.1 Å². The molecule has 1 aliphatic rings. The highest BCUT2D eigenvalue weighted by Gasteiger charge is 2.20. The smallest absolute Gasteiger partial charge is 0.219 e. The van der Waals surface area contributed by atoms with Crippen LogP contribution in [0.5, 0.6) is 0 Å². The lowest BCUT2D eigenvalue weighted by atomic mass is 9.90. The van der Waals surface area contributed by atoms with Crippen LogP contribution in [-0.4, -0.2) is 38.7 Å². The minimum absolute atomic E-state index is 0.195. The summed E-state index contributed by atoms with van der Waals surface area (Å²) in [6, 6.07) is 6.20. The van der Waals surface area contributed by atoms with Gasteiger partial charge in [0.15, 0.2) is 0 Å². The van der Waals surface area contributed by atoms with E-state index in [0.29, 0.717) is 5.92 Å². The number of hydrogen-bond acceptors (Lipinski definition) is 3. The second-order valence-electron chi connectivity index (χ2n) is 6.05. The van der Waals surface area contributed by atoms with E-state index < -0.39 is 0 Å². The first-order chi connectivity index (χ1) is 10.6. The SMILES string of the molecule is CC(=O)N1CCC(Cc2ccc(-c3ccnn3C)nc2)CC1. The Bertz CT molecular complexity index is 639. The lowest BCUT2D eigenvalue weighted by molar-refractivity contribution is -0.130. The van der Waals surface area contributed by atoms with Crippen molar-refractivity contribution in [2.75, 3.05) is 13.1 Å². The molecule has 0 aromatic carbocycles. The van der Waals surface area contributed by atoms with Crippen LogP contribution in [0.15, 0.2) is 30.6 Å². The molecule has 0 saturated carbocycles. The van der Waals surface area contributed by atoms with Gasteiger partial charge in [-0.05, 0) is 42.9 Å². The topological polar surface area (TPSA) is 51.0 Å². The summed E-state index contributed by atoms with van der Waals surface area (Å²) in [5.74, 6) is 0.848. The standard InChI is InChI=1S/C17H22N4O/c1-13(22)21-9-6-14(7-10-21)11-15-3-4-16(18-12-15)17-5-8-19-20(17)2/h3-5,8,12,14H,6-7,9-11H2,1-2H3. The molecule has 1 saturated heterocycles. The Balaban J connectivity index is 1.60. The number of hydrogen-bond donors (Lipinski definition) is 0. The minimum atomic E-state index is 0.195. The lowest BCUT2D eigenvalue weighted by Crippen LogP contribution is -2.37. The number of piperidine rings is 1. The van der Waals surface area contributed by atoms with Crippen LogP contribution >= 0.6 is 0 Å². The van der Waals surface area contributed by atoms with Crippen molar-refractivity contribution in [1.29, 1.82) is 0 Å². The highest BCUT2D eigenvalue weighted by molar-refractivity contribution is 5.73. The molecule has 2 aromatic heterocycles. The third-order valence-electron chi connectivity index (χ3n) is 4.49. The predicted molar refractivity (Wildman–Crippen MR) is 85.1 cm³/mol. The number of amides is 1. The summed E-state index contributed by atoms with van der Waals surface area (Å²) in [5.41, 5.74) is 3.25. The number of carbonyl (C=O) groups excluding carboxylic acids is 1. The molecule has 1 amide bonds. The molecule has 5 nitrogen and oxygen atoms in total. The molecule has 1 fully saturated rings. The van der Waals surface area contributed by atoms with E-state index in [1.165, 1.54) is 5.56 Å². The molecule has 0 atom stereocenters. The van der Waals surface area contributed by atoms with E-state index in [4.69, 9.17) is 0 Å². The van der Waals surface area contributed by atoms with E-state index in [0.717, 1.165) is 43.7 Å². The van der Waals surface area contributed by atoms with Gasteiger partial charge in [-0.15, -0.1) is 0 Å². The van der Waals surface area contributed by atoms with E-state index in [-0.39, 0.29) is 5.91 Å². The molecule has 2 aromatic rings. The first-order valence-corrected chi connectivity index (χ1v) is 7.82. The van der Waals surface area contributed by atoms with Crippen LogP contribution in [0.2, 0.25) is 0 Å². The van der Waals surface area contributed by atoms with Crippen LogP contribution in [0, 0.1) is 5.92 Å². The largest absolute Gasteiger partial charge is 0.343 e. The Morgan fingerprint density at radius 1 is 1.27 bits per heavy atom. The number of likely N-dealkylation sites (tertiary alicyclic amines) is 1. The van der Waals surface area contributed by atoms with E-state index in [1.807, 2.05) is 28.9 Å². The number of rotatable bonds is 3. The van der Waals surface area contributed by atoms with Crippen molar-refractivity contribution >= 4 is 5.91 Å². The van der Waals surface area contributed by atoms with Crippen molar-refractivity contribution in [1.82, 2.24) is 19.7 Å². The van der Waals surface area contributed by atoms with Gasteiger partial charge in [0, 0.05) is 39.5 Å². The Kier molecular flexibility index (Phi) is 4.22. The van der Waals surface area contributed by atoms with Gasteiger partial charge >= 0.3 is 0 Å². The maximum absolute atomic E-state index is 11.4. The van der Waals surface area contributed by atoms with Crippen molar-refractivity contribution in [2.24, 2.45) is 13.0 Å². The number of nitrogens with zero attached hydrogens (tertiary/aromatic N) is 4. The summed E-state index contributed by atoms with van der Waals surface area (Å²) < 4.78 is 1.83.